The van der Waals surface area contributed by atoms with Gasteiger partial charge in [-0.3, -0.25) is 4.72 Å². The molecule has 0 spiro atoms. The molecular formula is C11H12N2O4S3. The number of sulfonamides is 2. The molecule has 0 aliphatic heterocycles. The molecule has 1 aromatic carbocycles. The van der Waals surface area contributed by atoms with Crippen molar-refractivity contribution >= 4 is 37.1 Å². The minimum atomic E-state index is -3.60. The number of anilines is 1. The molecule has 0 bridgehead atoms. The summed E-state index contributed by atoms with van der Waals surface area (Å²) in [5.74, 6) is -0.287. The molecule has 9 heteroatoms. The third-order valence-corrected chi connectivity index (χ3v) is 5.85. The first-order valence-electron chi connectivity index (χ1n) is 5.42. The minimum absolute atomic E-state index is 0.214. The summed E-state index contributed by atoms with van der Waals surface area (Å²) < 4.78 is 48.4. The summed E-state index contributed by atoms with van der Waals surface area (Å²) >= 11 is 1.11. The van der Waals surface area contributed by atoms with E-state index in [1.54, 1.807) is 11.4 Å². The minimum Gasteiger partial charge on any atom is -0.279 e. The van der Waals surface area contributed by atoms with Crippen molar-refractivity contribution in [3.63, 3.8) is 0 Å². The second kappa shape index (κ2) is 5.52. The monoisotopic (exact) mass is 332 g/mol. The Labute approximate surface area is 121 Å². The first-order valence-corrected chi connectivity index (χ1v) is 9.50. The molecule has 108 valence electrons. The second-order valence-corrected chi connectivity index (χ2v) is 8.51. The second-order valence-electron chi connectivity index (χ2n) is 4.04. The van der Waals surface area contributed by atoms with Crippen molar-refractivity contribution in [3.05, 3.63) is 47.3 Å². The van der Waals surface area contributed by atoms with Crippen molar-refractivity contribution in [2.45, 2.75) is 9.96 Å². The summed E-state index contributed by atoms with van der Waals surface area (Å²) in [5.41, 5.74) is 0.850. The molecule has 20 heavy (non-hydrogen) atoms. The van der Waals surface area contributed by atoms with E-state index >= 15 is 0 Å². The summed E-state index contributed by atoms with van der Waals surface area (Å²) in [7, 11) is -7.19. The van der Waals surface area contributed by atoms with Crippen LogP contribution in [0.5, 0.6) is 0 Å². The fourth-order valence-corrected chi connectivity index (χ4v) is 4.23. The van der Waals surface area contributed by atoms with Gasteiger partial charge in [-0.25, -0.2) is 22.0 Å². The maximum absolute atomic E-state index is 12.0. The number of hydrogen-bond acceptors (Lipinski definition) is 5. The quantitative estimate of drug-likeness (QED) is 0.861. The number of benzene rings is 1. The standard InChI is InChI=1S/C11H12N2O4S3/c12-19(14,15)8-9-3-5-10(6-4-9)13-20(16,17)11-2-1-7-18-11/h1-7,13H,8H2,(H2,12,14,15). The summed E-state index contributed by atoms with van der Waals surface area (Å²) in [6.45, 7) is 0. The zero-order valence-electron chi connectivity index (χ0n) is 10.2. The summed E-state index contributed by atoms with van der Waals surface area (Å²) in [4.78, 5) is 0. The van der Waals surface area contributed by atoms with Gasteiger partial charge in [-0.2, -0.15) is 0 Å². The van der Waals surface area contributed by atoms with Crippen molar-refractivity contribution in [2.75, 3.05) is 4.72 Å². The zero-order chi connectivity index (χ0) is 14.8. The number of nitrogens with two attached hydrogens (primary N) is 1. The Hall–Kier alpha value is -1.42. The average molecular weight is 332 g/mol. The lowest BCUT2D eigenvalue weighted by Gasteiger charge is -2.07. The van der Waals surface area contributed by atoms with Gasteiger partial charge in [-0.05, 0) is 29.1 Å². The predicted molar refractivity (Wildman–Crippen MR) is 78.4 cm³/mol. The van der Waals surface area contributed by atoms with Crippen molar-refractivity contribution < 1.29 is 16.8 Å². The van der Waals surface area contributed by atoms with E-state index in [1.807, 2.05) is 0 Å². The lowest BCUT2D eigenvalue weighted by atomic mass is 10.2. The fourth-order valence-electron chi connectivity index (χ4n) is 1.52. The predicted octanol–water partition coefficient (Wildman–Crippen LogP) is 1.34. The lowest BCUT2D eigenvalue weighted by molar-refractivity contribution is 0.596. The van der Waals surface area contributed by atoms with E-state index in [4.69, 9.17) is 5.14 Å². The molecule has 3 N–H and O–H groups in total. The molecule has 1 aromatic heterocycles. The normalized spacial score (nSPS) is 12.2. The molecular weight excluding hydrogens is 320 g/mol. The number of nitrogens with one attached hydrogen (secondary N) is 1. The van der Waals surface area contributed by atoms with Gasteiger partial charge in [0.25, 0.3) is 10.0 Å². The van der Waals surface area contributed by atoms with Gasteiger partial charge in [0, 0.05) is 5.69 Å². The summed E-state index contributed by atoms with van der Waals surface area (Å²) in [5, 5.41) is 6.60. The molecule has 0 aliphatic rings. The summed E-state index contributed by atoms with van der Waals surface area (Å²) in [6.07, 6.45) is 0. The van der Waals surface area contributed by atoms with E-state index in [9.17, 15) is 16.8 Å². The van der Waals surface area contributed by atoms with Crippen molar-refractivity contribution in [3.8, 4) is 0 Å². The highest BCUT2D eigenvalue weighted by Crippen LogP contribution is 2.20. The maximum Gasteiger partial charge on any atom is 0.271 e. The van der Waals surface area contributed by atoms with E-state index in [1.165, 1.54) is 30.3 Å². The Morgan fingerprint density at radius 3 is 2.20 bits per heavy atom. The molecule has 0 saturated heterocycles. The van der Waals surface area contributed by atoms with Crippen LogP contribution < -0.4 is 9.86 Å². The maximum atomic E-state index is 12.0. The summed E-state index contributed by atoms with van der Waals surface area (Å²) in [6, 6.07) is 9.15. The van der Waals surface area contributed by atoms with E-state index in [0.717, 1.165) is 11.3 Å². The molecule has 0 saturated carbocycles. The van der Waals surface area contributed by atoms with Crippen LogP contribution in [0.15, 0.2) is 46.0 Å². The van der Waals surface area contributed by atoms with Crippen molar-refractivity contribution in [1.29, 1.82) is 0 Å². The smallest absolute Gasteiger partial charge is 0.271 e. The highest BCUT2D eigenvalue weighted by Gasteiger charge is 2.15. The molecule has 0 aliphatic carbocycles. The Bertz CT molecular complexity index is 779. The van der Waals surface area contributed by atoms with Gasteiger partial charge >= 0.3 is 0 Å². The molecule has 0 fully saturated rings. The molecule has 2 aromatic rings. The van der Waals surface area contributed by atoms with E-state index in [-0.39, 0.29) is 9.96 Å². The van der Waals surface area contributed by atoms with Crippen LogP contribution >= 0.6 is 11.3 Å². The number of primary sulfonamides is 1. The van der Waals surface area contributed by atoms with Gasteiger partial charge in [0.2, 0.25) is 10.0 Å². The van der Waals surface area contributed by atoms with Crippen LogP contribution in [0.3, 0.4) is 0 Å². The third kappa shape index (κ3) is 4.04. The molecule has 1 heterocycles. The van der Waals surface area contributed by atoms with Gasteiger partial charge < -0.3 is 0 Å². The SMILES string of the molecule is NS(=O)(=O)Cc1ccc(NS(=O)(=O)c2cccs2)cc1. The van der Waals surface area contributed by atoms with Gasteiger partial charge in [0.05, 0.1) is 5.75 Å². The Kier molecular flexibility index (Phi) is 4.14. The Morgan fingerprint density at radius 1 is 1.05 bits per heavy atom. The topological polar surface area (TPSA) is 106 Å². The van der Waals surface area contributed by atoms with Crippen LogP contribution in [0, 0.1) is 0 Å². The van der Waals surface area contributed by atoms with Crippen LogP contribution in [0.1, 0.15) is 5.56 Å². The molecule has 0 radical (unpaired) electrons. The highest BCUT2D eigenvalue weighted by molar-refractivity contribution is 7.94. The first-order chi connectivity index (χ1) is 9.26. The molecule has 6 nitrogen and oxygen atoms in total. The zero-order valence-corrected chi connectivity index (χ0v) is 12.6. The van der Waals surface area contributed by atoms with Crippen LogP contribution in [-0.2, 0) is 25.8 Å². The van der Waals surface area contributed by atoms with Crippen LogP contribution in [-0.4, -0.2) is 16.8 Å². The molecule has 0 unspecified atom stereocenters. The fraction of sp³-hybridized carbons (Fsp3) is 0.0909. The van der Waals surface area contributed by atoms with E-state index in [2.05, 4.69) is 4.72 Å². The Morgan fingerprint density at radius 2 is 1.70 bits per heavy atom. The number of rotatable bonds is 5. The average Bonchev–Trinajstić information content (AvgIpc) is 2.84. The largest absolute Gasteiger partial charge is 0.279 e. The van der Waals surface area contributed by atoms with Crippen LogP contribution in [0.2, 0.25) is 0 Å². The Balaban J connectivity index is 2.16. The molecule has 2 rings (SSSR count). The first kappa shape index (κ1) is 15.0. The highest BCUT2D eigenvalue weighted by atomic mass is 32.2. The van der Waals surface area contributed by atoms with Crippen molar-refractivity contribution in [1.82, 2.24) is 0 Å². The van der Waals surface area contributed by atoms with Gasteiger partial charge in [-0.15, -0.1) is 11.3 Å². The molecule has 0 atom stereocenters. The third-order valence-electron chi connectivity index (χ3n) is 2.33. The number of thiophene rings is 1. The van der Waals surface area contributed by atoms with E-state index in [0.29, 0.717) is 11.3 Å². The molecule has 0 amide bonds. The number of hydrogen-bond donors (Lipinski definition) is 2. The van der Waals surface area contributed by atoms with Gasteiger partial charge in [0.15, 0.2) is 0 Å². The van der Waals surface area contributed by atoms with E-state index < -0.39 is 20.0 Å². The van der Waals surface area contributed by atoms with Crippen LogP contribution in [0.4, 0.5) is 5.69 Å². The van der Waals surface area contributed by atoms with Crippen LogP contribution in [0.25, 0.3) is 0 Å². The van der Waals surface area contributed by atoms with Gasteiger partial charge in [-0.1, -0.05) is 18.2 Å². The lowest BCUT2D eigenvalue weighted by Crippen LogP contribution is -2.14. The van der Waals surface area contributed by atoms with Crippen molar-refractivity contribution in [2.24, 2.45) is 5.14 Å². The van der Waals surface area contributed by atoms with Gasteiger partial charge in [0.1, 0.15) is 4.21 Å².